The fourth-order valence-electron chi connectivity index (χ4n) is 3.10. The quantitative estimate of drug-likeness (QED) is 0.723. The molecule has 0 aliphatic heterocycles. The molecule has 0 atom stereocenters. The third-order valence-electron chi connectivity index (χ3n) is 4.61. The van der Waals surface area contributed by atoms with Crippen LogP contribution in [0, 0.1) is 13.8 Å². The Bertz CT molecular complexity index is 875. The third kappa shape index (κ3) is 3.52. The highest BCUT2D eigenvalue weighted by molar-refractivity contribution is 5.98. The highest BCUT2D eigenvalue weighted by Crippen LogP contribution is 2.22. The first kappa shape index (κ1) is 17.1. The molecule has 0 spiro atoms. The van der Waals surface area contributed by atoms with Gasteiger partial charge in [0.15, 0.2) is 0 Å². The number of nitrogens with one attached hydrogen (secondary N) is 2. The number of methoxy groups -OCH3 is 1. The van der Waals surface area contributed by atoms with E-state index in [1.54, 1.807) is 12.0 Å². The average Bonchev–Trinajstić information content (AvgIpc) is 3.17. The van der Waals surface area contributed by atoms with E-state index in [0.29, 0.717) is 12.2 Å². The lowest BCUT2D eigenvalue weighted by atomic mass is 10.1. The molecule has 0 radical (unpaired) electrons. The summed E-state index contributed by atoms with van der Waals surface area (Å²) in [5, 5.41) is 8.19. The number of fused-ring (bicyclic) bond motifs is 1. The van der Waals surface area contributed by atoms with Crippen molar-refractivity contribution in [2.45, 2.75) is 26.7 Å². The zero-order valence-electron chi connectivity index (χ0n) is 15.1. The number of benzene rings is 1. The molecule has 2 aromatic heterocycles. The van der Waals surface area contributed by atoms with Crippen molar-refractivity contribution in [1.82, 2.24) is 20.1 Å². The molecule has 0 aliphatic rings. The van der Waals surface area contributed by atoms with Crippen LogP contribution in [0.2, 0.25) is 0 Å². The largest absolute Gasteiger partial charge is 0.497 e. The highest BCUT2D eigenvalue weighted by atomic mass is 16.5. The van der Waals surface area contributed by atoms with Gasteiger partial charge >= 0.3 is 0 Å². The van der Waals surface area contributed by atoms with Crippen molar-refractivity contribution in [2.24, 2.45) is 0 Å². The van der Waals surface area contributed by atoms with Crippen molar-refractivity contribution >= 4 is 16.8 Å². The lowest BCUT2D eigenvalue weighted by Crippen LogP contribution is -2.28. The van der Waals surface area contributed by atoms with Gasteiger partial charge in [-0.25, -0.2) is 0 Å². The van der Waals surface area contributed by atoms with Gasteiger partial charge in [0.2, 0.25) is 0 Å². The minimum Gasteiger partial charge on any atom is -0.497 e. The van der Waals surface area contributed by atoms with E-state index in [0.717, 1.165) is 40.9 Å². The van der Waals surface area contributed by atoms with Gasteiger partial charge in [-0.05, 0) is 56.5 Å². The second-order valence-corrected chi connectivity index (χ2v) is 6.38. The molecule has 25 heavy (non-hydrogen) atoms. The second kappa shape index (κ2) is 7.01. The van der Waals surface area contributed by atoms with Crippen LogP contribution in [0.5, 0.6) is 5.75 Å². The summed E-state index contributed by atoms with van der Waals surface area (Å²) >= 11 is 0. The van der Waals surface area contributed by atoms with Crippen LogP contribution in [-0.2, 0) is 6.42 Å². The maximum absolute atomic E-state index is 12.6. The molecule has 1 aromatic carbocycles. The molecule has 0 bridgehead atoms. The van der Waals surface area contributed by atoms with Crippen LogP contribution in [0.4, 0.5) is 0 Å². The van der Waals surface area contributed by atoms with Gasteiger partial charge in [0.1, 0.15) is 11.4 Å². The molecule has 0 saturated carbocycles. The Morgan fingerprint density at radius 1 is 1.28 bits per heavy atom. The number of amides is 1. The van der Waals surface area contributed by atoms with E-state index in [1.165, 1.54) is 5.56 Å². The van der Waals surface area contributed by atoms with Gasteiger partial charge in [-0.3, -0.25) is 9.89 Å². The van der Waals surface area contributed by atoms with E-state index < -0.39 is 0 Å². The molecule has 0 saturated heterocycles. The number of ether oxygens (including phenoxy) is 1. The Morgan fingerprint density at radius 2 is 2.08 bits per heavy atom. The van der Waals surface area contributed by atoms with E-state index in [9.17, 15) is 4.79 Å². The van der Waals surface area contributed by atoms with Gasteiger partial charge in [0.25, 0.3) is 5.91 Å². The maximum atomic E-state index is 12.6. The predicted molar refractivity (Wildman–Crippen MR) is 98.2 cm³/mol. The molecule has 6 nitrogen and oxygen atoms in total. The number of aromatic amines is 2. The van der Waals surface area contributed by atoms with Crippen LogP contribution in [0.25, 0.3) is 10.9 Å². The summed E-state index contributed by atoms with van der Waals surface area (Å²) in [6.07, 6.45) is 1.81. The number of carbonyl (C=O) groups excluding carboxylic acids is 1. The number of hydrogen-bond donors (Lipinski definition) is 2. The van der Waals surface area contributed by atoms with Crippen molar-refractivity contribution < 1.29 is 9.53 Å². The van der Waals surface area contributed by atoms with Crippen molar-refractivity contribution in [3.05, 3.63) is 46.9 Å². The van der Waals surface area contributed by atoms with Crippen molar-refractivity contribution in [3.8, 4) is 5.75 Å². The summed E-state index contributed by atoms with van der Waals surface area (Å²) in [5.74, 6) is 0.778. The fourth-order valence-corrected chi connectivity index (χ4v) is 3.10. The van der Waals surface area contributed by atoms with E-state index >= 15 is 0 Å². The summed E-state index contributed by atoms with van der Waals surface area (Å²) in [6, 6.07) is 7.61. The van der Waals surface area contributed by atoms with Crippen LogP contribution in [-0.4, -0.2) is 46.7 Å². The van der Waals surface area contributed by atoms with E-state index in [1.807, 2.05) is 45.2 Å². The third-order valence-corrected chi connectivity index (χ3v) is 4.61. The molecule has 2 N–H and O–H groups in total. The van der Waals surface area contributed by atoms with Crippen LogP contribution < -0.4 is 4.74 Å². The number of H-pyrrole nitrogens is 2. The molecule has 1 amide bonds. The summed E-state index contributed by atoms with van der Waals surface area (Å²) in [7, 11) is 3.47. The smallest absolute Gasteiger partial charge is 0.270 e. The predicted octanol–water partition coefficient (Wildman–Crippen LogP) is 3.22. The van der Waals surface area contributed by atoms with Crippen LogP contribution in [0.15, 0.2) is 24.3 Å². The Morgan fingerprint density at radius 3 is 2.76 bits per heavy atom. The SMILES string of the molecule is COc1ccc2[nH]c(C(=O)N(C)CCCc3c(C)n[nH]c3C)cc2c1. The maximum Gasteiger partial charge on any atom is 0.270 e. The van der Waals surface area contributed by atoms with Crippen molar-refractivity contribution in [1.29, 1.82) is 0 Å². The Hall–Kier alpha value is -2.76. The van der Waals surface area contributed by atoms with Gasteiger partial charge in [0.05, 0.1) is 12.8 Å². The fraction of sp³-hybridized carbons (Fsp3) is 0.368. The van der Waals surface area contributed by atoms with Gasteiger partial charge in [-0.15, -0.1) is 0 Å². The summed E-state index contributed by atoms with van der Waals surface area (Å²) < 4.78 is 5.23. The molecule has 3 rings (SSSR count). The van der Waals surface area contributed by atoms with Gasteiger partial charge in [0, 0.05) is 30.2 Å². The molecule has 0 aliphatic carbocycles. The normalized spacial score (nSPS) is 11.0. The highest BCUT2D eigenvalue weighted by Gasteiger charge is 2.15. The number of aromatic nitrogens is 3. The van der Waals surface area contributed by atoms with Crippen LogP contribution in [0.1, 0.15) is 33.9 Å². The summed E-state index contributed by atoms with van der Waals surface area (Å²) in [5.41, 5.74) is 4.93. The number of carbonyl (C=O) groups is 1. The van der Waals surface area contributed by atoms with E-state index in [-0.39, 0.29) is 5.91 Å². The molecule has 3 aromatic rings. The summed E-state index contributed by atoms with van der Waals surface area (Å²) in [4.78, 5) is 17.6. The zero-order valence-corrected chi connectivity index (χ0v) is 15.1. The van der Waals surface area contributed by atoms with Crippen molar-refractivity contribution in [2.75, 3.05) is 20.7 Å². The van der Waals surface area contributed by atoms with Gasteiger partial charge in [-0.1, -0.05) is 0 Å². The van der Waals surface area contributed by atoms with Gasteiger partial charge < -0.3 is 14.6 Å². The lowest BCUT2D eigenvalue weighted by Gasteiger charge is -2.16. The second-order valence-electron chi connectivity index (χ2n) is 6.38. The first-order valence-corrected chi connectivity index (χ1v) is 8.42. The molecule has 0 unspecified atom stereocenters. The minimum absolute atomic E-state index is 0.00388. The zero-order chi connectivity index (χ0) is 18.0. The van der Waals surface area contributed by atoms with Crippen molar-refractivity contribution in [3.63, 3.8) is 0 Å². The lowest BCUT2D eigenvalue weighted by molar-refractivity contribution is 0.0789. The summed E-state index contributed by atoms with van der Waals surface area (Å²) in [6.45, 7) is 4.73. The molecular formula is C19H24N4O2. The van der Waals surface area contributed by atoms with E-state index in [4.69, 9.17) is 4.74 Å². The molecule has 6 heteroatoms. The minimum atomic E-state index is -0.00388. The molecule has 0 fully saturated rings. The van der Waals surface area contributed by atoms with Crippen LogP contribution in [0.3, 0.4) is 0 Å². The Balaban J connectivity index is 1.64. The molecule has 132 valence electrons. The van der Waals surface area contributed by atoms with Crippen LogP contribution >= 0.6 is 0 Å². The standard InChI is InChI=1S/C19H24N4O2/c1-12-16(13(2)22-21-12)6-5-9-23(3)19(24)18-11-14-10-15(25-4)7-8-17(14)20-18/h7-8,10-11,20H,5-6,9H2,1-4H3,(H,21,22). The molecule has 2 heterocycles. The molecular weight excluding hydrogens is 316 g/mol. The first-order chi connectivity index (χ1) is 12.0. The number of nitrogens with zero attached hydrogens (tertiary/aromatic N) is 2. The van der Waals surface area contributed by atoms with E-state index in [2.05, 4.69) is 15.2 Å². The number of hydrogen-bond acceptors (Lipinski definition) is 3. The topological polar surface area (TPSA) is 74.0 Å². The Labute approximate surface area is 147 Å². The Kier molecular flexibility index (Phi) is 4.79. The van der Waals surface area contributed by atoms with Gasteiger partial charge in [-0.2, -0.15) is 5.10 Å². The first-order valence-electron chi connectivity index (χ1n) is 8.42. The monoisotopic (exact) mass is 340 g/mol. The number of aryl methyl sites for hydroxylation is 2. The number of rotatable bonds is 6. The average molecular weight is 340 g/mol.